The Kier molecular flexibility index (Phi) is 6.33. The van der Waals surface area contributed by atoms with E-state index in [-0.39, 0.29) is 11.0 Å². The largest absolute Gasteiger partial charge is 0.489 e. The van der Waals surface area contributed by atoms with E-state index in [0.717, 1.165) is 12.8 Å². The molecule has 114 valence electrons. The van der Waals surface area contributed by atoms with Gasteiger partial charge in [0.25, 0.3) is 0 Å². The maximum atomic E-state index is 11.4. The van der Waals surface area contributed by atoms with E-state index in [0.29, 0.717) is 11.4 Å². The van der Waals surface area contributed by atoms with Gasteiger partial charge in [-0.1, -0.05) is 26.2 Å². The lowest BCUT2D eigenvalue weighted by Crippen LogP contribution is -2.13. The summed E-state index contributed by atoms with van der Waals surface area (Å²) in [6.45, 7) is 4.19. The van der Waals surface area contributed by atoms with Crippen LogP contribution in [0.1, 0.15) is 46.0 Å². The lowest BCUT2D eigenvalue weighted by atomic mass is 10.1. The zero-order valence-corrected chi connectivity index (χ0v) is 13.4. The fourth-order valence-corrected chi connectivity index (χ4v) is 2.66. The van der Waals surface area contributed by atoms with Gasteiger partial charge >= 0.3 is 0 Å². The second-order valence-electron chi connectivity index (χ2n) is 5.25. The van der Waals surface area contributed by atoms with Crippen molar-refractivity contribution in [3.05, 3.63) is 18.2 Å². The Morgan fingerprint density at radius 2 is 1.95 bits per heavy atom. The number of anilines is 1. The maximum absolute atomic E-state index is 11.4. The molecule has 0 spiro atoms. The monoisotopic (exact) mass is 299 g/mol. The van der Waals surface area contributed by atoms with Gasteiger partial charge in [0.2, 0.25) is 0 Å². The molecule has 5 heteroatoms. The molecule has 2 N–H and O–H groups in total. The summed E-state index contributed by atoms with van der Waals surface area (Å²) in [5, 5.41) is 0. The average molecular weight is 299 g/mol. The van der Waals surface area contributed by atoms with E-state index in [9.17, 15) is 8.42 Å². The minimum Gasteiger partial charge on any atom is -0.489 e. The van der Waals surface area contributed by atoms with E-state index < -0.39 is 9.84 Å². The number of benzene rings is 1. The topological polar surface area (TPSA) is 69.4 Å². The first-order valence-corrected chi connectivity index (χ1v) is 9.00. The standard InChI is InChI=1S/C15H25NO3S/c1-4-5-6-7-8-12(2)19-15-10-9-13(11-14(15)16)20(3,17)18/h9-12H,4-8,16H2,1-3H3. The molecule has 4 nitrogen and oxygen atoms in total. The molecule has 1 unspecified atom stereocenters. The van der Waals surface area contributed by atoms with Crippen molar-refractivity contribution in [2.45, 2.75) is 57.0 Å². The van der Waals surface area contributed by atoms with Gasteiger partial charge in [-0.05, 0) is 38.0 Å². The van der Waals surface area contributed by atoms with Crippen molar-refractivity contribution in [1.29, 1.82) is 0 Å². The van der Waals surface area contributed by atoms with Crippen LogP contribution in [0.3, 0.4) is 0 Å². The second-order valence-corrected chi connectivity index (χ2v) is 7.27. The third-order valence-electron chi connectivity index (χ3n) is 3.20. The molecule has 0 heterocycles. The quantitative estimate of drug-likeness (QED) is 0.590. The molecule has 0 amide bonds. The van der Waals surface area contributed by atoms with Crippen LogP contribution < -0.4 is 10.5 Å². The van der Waals surface area contributed by atoms with Gasteiger partial charge < -0.3 is 10.5 Å². The molecule has 1 aromatic rings. The zero-order valence-electron chi connectivity index (χ0n) is 12.6. The number of hydrogen-bond acceptors (Lipinski definition) is 4. The predicted molar refractivity (Wildman–Crippen MR) is 82.8 cm³/mol. The van der Waals surface area contributed by atoms with Crippen LogP contribution in [0, 0.1) is 0 Å². The van der Waals surface area contributed by atoms with Crippen LogP contribution >= 0.6 is 0 Å². The zero-order chi connectivity index (χ0) is 15.2. The Morgan fingerprint density at radius 1 is 1.25 bits per heavy atom. The van der Waals surface area contributed by atoms with Crippen molar-refractivity contribution in [3.8, 4) is 5.75 Å². The summed E-state index contributed by atoms with van der Waals surface area (Å²) in [5.41, 5.74) is 6.22. The van der Waals surface area contributed by atoms with Crippen LogP contribution in [0.15, 0.2) is 23.1 Å². The van der Waals surface area contributed by atoms with Crippen molar-refractivity contribution in [2.24, 2.45) is 0 Å². The van der Waals surface area contributed by atoms with E-state index >= 15 is 0 Å². The Hall–Kier alpha value is -1.23. The minimum atomic E-state index is -3.23. The van der Waals surface area contributed by atoms with Gasteiger partial charge in [-0.15, -0.1) is 0 Å². The van der Waals surface area contributed by atoms with E-state index in [1.54, 1.807) is 6.07 Å². The van der Waals surface area contributed by atoms with Crippen molar-refractivity contribution < 1.29 is 13.2 Å². The molecular weight excluding hydrogens is 274 g/mol. The number of rotatable bonds is 8. The van der Waals surface area contributed by atoms with Crippen LogP contribution in [0.5, 0.6) is 5.75 Å². The Morgan fingerprint density at radius 3 is 2.50 bits per heavy atom. The van der Waals surface area contributed by atoms with Crippen molar-refractivity contribution in [1.82, 2.24) is 0 Å². The van der Waals surface area contributed by atoms with Gasteiger partial charge in [0.05, 0.1) is 16.7 Å². The van der Waals surface area contributed by atoms with Crippen molar-refractivity contribution >= 4 is 15.5 Å². The first-order valence-electron chi connectivity index (χ1n) is 7.10. The highest BCUT2D eigenvalue weighted by molar-refractivity contribution is 7.90. The normalized spacial score (nSPS) is 13.2. The van der Waals surface area contributed by atoms with Gasteiger partial charge in [-0.2, -0.15) is 0 Å². The van der Waals surface area contributed by atoms with Crippen LogP contribution in [0.4, 0.5) is 5.69 Å². The van der Waals surface area contributed by atoms with Crippen LogP contribution in [0.2, 0.25) is 0 Å². The fourth-order valence-electron chi connectivity index (χ4n) is 2.00. The van der Waals surface area contributed by atoms with Gasteiger partial charge in [-0.25, -0.2) is 8.42 Å². The molecule has 1 rings (SSSR count). The molecule has 0 aliphatic heterocycles. The summed E-state index contributed by atoms with van der Waals surface area (Å²) in [7, 11) is -3.23. The van der Waals surface area contributed by atoms with Gasteiger partial charge in [0, 0.05) is 6.26 Å². The first kappa shape index (κ1) is 16.8. The summed E-state index contributed by atoms with van der Waals surface area (Å²) >= 11 is 0. The number of unbranched alkanes of at least 4 members (excludes halogenated alkanes) is 3. The summed E-state index contributed by atoms with van der Waals surface area (Å²) in [6, 6.07) is 4.62. The third-order valence-corrected chi connectivity index (χ3v) is 4.31. The first-order chi connectivity index (χ1) is 9.34. The summed E-state index contributed by atoms with van der Waals surface area (Å²) in [4.78, 5) is 0.220. The minimum absolute atomic E-state index is 0.0817. The number of sulfone groups is 1. The molecule has 0 fully saturated rings. The molecule has 0 aliphatic carbocycles. The number of nitrogens with two attached hydrogens (primary N) is 1. The van der Waals surface area contributed by atoms with Gasteiger partial charge in [-0.3, -0.25) is 0 Å². The molecule has 0 aliphatic rings. The average Bonchev–Trinajstić information content (AvgIpc) is 2.36. The Bertz CT molecular complexity index is 526. The molecule has 0 saturated heterocycles. The van der Waals surface area contributed by atoms with Crippen LogP contribution in [-0.2, 0) is 9.84 Å². The van der Waals surface area contributed by atoms with E-state index in [1.165, 1.54) is 37.7 Å². The molecule has 0 saturated carbocycles. The number of ether oxygens (including phenoxy) is 1. The smallest absolute Gasteiger partial charge is 0.175 e. The van der Waals surface area contributed by atoms with Crippen LogP contribution in [0.25, 0.3) is 0 Å². The molecule has 0 aromatic heterocycles. The maximum Gasteiger partial charge on any atom is 0.175 e. The third kappa shape index (κ3) is 5.41. The SMILES string of the molecule is CCCCCCC(C)Oc1ccc(S(C)(=O)=O)cc1N. The fraction of sp³-hybridized carbons (Fsp3) is 0.600. The molecular formula is C15H25NO3S. The highest BCUT2D eigenvalue weighted by atomic mass is 32.2. The molecule has 1 atom stereocenters. The summed E-state index contributed by atoms with van der Waals surface area (Å²) in [5.74, 6) is 0.556. The Labute approximate surface area is 122 Å². The summed E-state index contributed by atoms with van der Waals surface area (Å²) < 4.78 is 28.6. The van der Waals surface area contributed by atoms with Gasteiger partial charge in [0.15, 0.2) is 9.84 Å². The van der Waals surface area contributed by atoms with E-state index in [1.807, 2.05) is 6.92 Å². The predicted octanol–water partition coefficient (Wildman–Crippen LogP) is 3.41. The van der Waals surface area contributed by atoms with Gasteiger partial charge in [0.1, 0.15) is 5.75 Å². The highest BCUT2D eigenvalue weighted by Crippen LogP contribution is 2.26. The summed E-state index contributed by atoms with van der Waals surface area (Å²) in [6.07, 6.45) is 7.04. The molecule has 1 aromatic carbocycles. The van der Waals surface area contributed by atoms with E-state index in [4.69, 9.17) is 10.5 Å². The molecule has 20 heavy (non-hydrogen) atoms. The second kappa shape index (κ2) is 7.53. The molecule has 0 bridgehead atoms. The lowest BCUT2D eigenvalue weighted by molar-refractivity contribution is 0.207. The van der Waals surface area contributed by atoms with Crippen molar-refractivity contribution in [2.75, 3.05) is 12.0 Å². The number of hydrogen-bond donors (Lipinski definition) is 1. The lowest BCUT2D eigenvalue weighted by Gasteiger charge is -2.16. The Balaban J connectivity index is 2.60. The van der Waals surface area contributed by atoms with Crippen molar-refractivity contribution in [3.63, 3.8) is 0 Å². The van der Waals surface area contributed by atoms with E-state index in [2.05, 4.69) is 6.92 Å². The highest BCUT2D eigenvalue weighted by Gasteiger charge is 2.12. The number of nitrogen functional groups attached to an aromatic ring is 1. The molecule has 0 radical (unpaired) electrons. The van der Waals surface area contributed by atoms with Crippen LogP contribution in [-0.4, -0.2) is 20.8 Å².